The van der Waals surface area contributed by atoms with Crippen LogP contribution in [0, 0.1) is 11.6 Å². The quantitative estimate of drug-likeness (QED) is 0.391. The van der Waals surface area contributed by atoms with Gasteiger partial charge in [-0.2, -0.15) is 0 Å². The van der Waals surface area contributed by atoms with E-state index in [0.717, 1.165) is 25.0 Å². The van der Waals surface area contributed by atoms with Gasteiger partial charge in [0.1, 0.15) is 5.69 Å². The molecule has 7 heteroatoms. The van der Waals surface area contributed by atoms with E-state index >= 15 is 0 Å². The van der Waals surface area contributed by atoms with E-state index in [-0.39, 0.29) is 11.7 Å². The maximum absolute atomic E-state index is 13.5. The number of amides is 1. The molecule has 0 aliphatic rings. The van der Waals surface area contributed by atoms with Crippen LogP contribution >= 0.6 is 0 Å². The Bertz CT molecular complexity index is 458. The number of unbranched alkanes of at least 4 members (excludes halogenated alkanes) is 1. The first-order chi connectivity index (χ1) is 9.95. The topological polar surface area (TPSA) is 76.4 Å². The number of carbonyl (C=O) groups is 1. The summed E-state index contributed by atoms with van der Waals surface area (Å²) in [5.74, 6) is 2.64. The van der Waals surface area contributed by atoms with Gasteiger partial charge in [0.15, 0.2) is 11.6 Å². The van der Waals surface area contributed by atoms with Crippen molar-refractivity contribution in [3.8, 4) is 0 Å². The fourth-order valence-corrected chi connectivity index (χ4v) is 1.69. The summed E-state index contributed by atoms with van der Waals surface area (Å²) in [6.07, 6.45) is 1.71. The van der Waals surface area contributed by atoms with Crippen molar-refractivity contribution < 1.29 is 18.3 Å². The van der Waals surface area contributed by atoms with Crippen LogP contribution < -0.4 is 16.6 Å². The zero-order chi connectivity index (χ0) is 15.8. The van der Waals surface area contributed by atoms with Crippen molar-refractivity contribution in [1.82, 2.24) is 5.32 Å². The highest BCUT2D eigenvalue weighted by Gasteiger charge is 2.14. The van der Waals surface area contributed by atoms with Gasteiger partial charge in [-0.25, -0.2) is 8.78 Å². The number of carbonyl (C=O) groups excluding carboxylic acids is 1. The average molecular weight is 301 g/mol. The van der Waals surface area contributed by atoms with Crippen molar-refractivity contribution in [2.45, 2.75) is 32.8 Å². The lowest BCUT2D eigenvalue weighted by Crippen LogP contribution is -2.25. The Morgan fingerprint density at radius 2 is 1.90 bits per heavy atom. The minimum Gasteiger partial charge on any atom is -0.379 e. The molecule has 0 unspecified atom stereocenters. The van der Waals surface area contributed by atoms with E-state index in [1.165, 1.54) is 0 Å². The van der Waals surface area contributed by atoms with E-state index in [2.05, 4.69) is 5.32 Å². The summed E-state index contributed by atoms with van der Waals surface area (Å²) < 4.78 is 32.3. The summed E-state index contributed by atoms with van der Waals surface area (Å²) >= 11 is 0. The first-order valence-electron chi connectivity index (χ1n) is 6.81. The average Bonchev–Trinajstić information content (AvgIpc) is 2.41. The van der Waals surface area contributed by atoms with Crippen molar-refractivity contribution in [2.24, 2.45) is 5.84 Å². The zero-order valence-corrected chi connectivity index (χ0v) is 12.2. The summed E-state index contributed by atoms with van der Waals surface area (Å²) in [6.45, 7) is 4.93. The summed E-state index contributed by atoms with van der Waals surface area (Å²) in [6, 6.07) is 1.88. The molecule has 1 rings (SSSR count). The Hall–Kier alpha value is -1.73. The maximum atomic E-state index is 13.5. The van der Waals surface area contributed by atoms with E-state index in [9.17, 15) is 13.6 Å². The van der Waals surface area contributed by atoms with Crippen LogP contribution in [0.3, 0.4) is 0 Å². The lowest BCUT2D eigenvalue weighted by atomic mass is 10.1. The van der Waals surface area contributed by atoms with Gasteiger partial charge < -0.3 is 15.5 Å². The number of nitrogens with one attached hydrogen (secondary N) is 2. The van der Waals surface area contributed by atoms with Crippen LogP contribution in [0.25, 0.3) is 0 Å². The van der Waals surface area contributed by atoms with Gasteiger partial charge in [-0.3, -0.25) is 10.6 Å². The molecule has 1 aromatic carbocycles. The smallest absolute Gasteiger partial charge is 0.251 e. The molecular weight excluding hydrogens is 280 g/mol. The number of halogens is 2. The van der Waals surface area contributed by atoms with Crippen molar-refractivity contribution in [2.75, 3.05) is 18.6 Å². The van der Waals surface area contributed by atoms with Crippen LogP contribution in [-0.4, -0.2) is 25.2 Å². The minimum atomic E-state index is -0.909. The lowest BCUT2D eigenvalue weighted by Gasteiger charge is -2.09. The number of hydrazine groups is 1. The van der Waals surface area contributed by atoms with Gasteiger partial charge in [0.25, 0.3) is 5.91 Å². The number of anilines is 1. The largest absolute Gasteiger partial charge is 0.379 e. The second-order valence-corrected chi connectivity index (χ2v) is 4.84. The van der Waals surface area contributed by atoms with Gasteiger partial charge in [-0.1, -0.05) is 0 Å². The second kappa shape index (κ2) is 8.53. The molecular formula is C14H21F2N3O2. The van der Waals surface area contributed by atoms with E-state index < -0.39 is 23.2 Å². The molecule has 5 nitrogen and oxygen atoms in total. The fraction of sp³-hybridized carbons (Fsp3) is 0.500. The Labute approximate surface area is 122 Å². The molecule has 0 saturated heterocycles. The number of nitrogens with two attached hydrogens (primary N) is 1. The molecule has 1 aromatic rings. The molecule has 0 aliphatic heterocycles. The molecule has 0 bridgehead atoms. The lowest BCUT2D eigenvalue weighted by molar-refractivity contribution is 0.0754. The fourth-order valence-electron chi connectivity index (χ4n) is 1.69. The molecule has 0 fully saturated rings. The number of hydrogen-bond acceptors (Lipinski definition) is 4. The van der Waals surface area contributed by atoms with Crippen LogP contribution in [-0.2, 0) is 4.74 Å². The highest BCUT2D eigenvalue weighted by Crippen LogP contribution is 2.19. The van der Waals surface area contributed by atoms with Crippen LogP contribution in [0.2, 0.25) is 0 Å². The van der Waals surface area contributed by atoms with Crippen molar-refractivity contribution in [1.29, 1.82) is 0 Å². The number of rotatable bonds is 8. The number of nitrogen functional groups attached to an aromatic ring is 1. The van der Waals surface area contributed by atoms with Crippen molar-refractivity contribution in [3.05, 3.63) is 29.3 Å². The monoisotopic (exact) mass is 301 g/mol. The standard InChI is InChI=1S/C14H21F2N3O2/c1-9(2)21-6-4-3-5-18-14(20)10-7-11(15)13(19-17)12(16)8-10/h7-9,19H,3-6,17H2,1-2H3,(H,18,20). The van der Waals surface area contributed by atoms with Gasteiger partial charge in [0, 0.05) is 18.7 Å². The number of hydrogen-bond donors (Lipinski definition) is 3. The Balaban J connectivity index is 2.42. The zero-order valence-electron chi connectivity index (χ0n) is 12.2. The third-order valence-electron chi connectivity index (χ3n) is 2.76. The van der Waals surface area contributed by atoms with Gasteiger partial charge in [0.05, 0.1) is 6.10 Å². The molecule has 118 valence electrons. The maximum Gasteiger partial charge on any atom is 0.251 e. The van der Waals surface area contributed by atoms with E-state index in [1.54, 1.807) is 0 Å². The van der Waals surface area contributed by atoms with Gasteiger partial charge in [-0.05, 0) is 38.8 Å². The molecule has 0 aromatic heterocycles. The predicted octanol–water partition coefficient (Wildman–Crippen LogP) is 2.19. The van der Waals surface area contributed by atoms with E-state index in [0.29, 0.717) is 13.2 Å². The molecule has 21 heavy (non-hydrogen) atoms. The summed E-state index contributed by atoms with van der Waals surface area (Å²) in [7, 11) is 0. The molecule has 0 atom stereocenters. The minimum absolute atomic E-state index is 0.0811. The van der Waals surface area contributed by atoms with Gasteiger partial charge in [0.2, 0.25) is 0 Å². The summed E-state index contributed by atoms with van der Waals surface area (Å²) in [5, 5.41) is 2.60. The molecule has 4 N–H and O–H groups in total. The van der Waals surface area contributed by atoms with Crippen LogP contribution in [0.15, 0.2) is 12.1 Å². The van der Waals surface area contributed by atoms with E-state index in [1.807, 2.05) is 19.3 Å². The van der Waals surface area contributed by atoms with Crippen LogP contribution in [0.4, 0.5) is 14.5 Å². The third-order valence-corrected chi connectivity index (χ3v) is 2.76. The van der Waals surface area contributed by atoms with Crippen LogP contribution in [0.1, 0.15) is 37.0 Å². The normalized spacial score (nSPS) is 10.8. The second-order valence-electron chi connectivity index (χ2n) is 4.84. The third kappa shape index (κ3) is 5.65. The Kier molecular flexibility index (Phi) is 7.04. The molecule has 0 aliphatic carbocycles. The summed E-state index contributed by atoms with van der Waals surface area (Å²) in [4.78, 5) is 11.8. The highest BCUT2D eigenvalue weighted by atomic mass is 19.1. The molecule has 0 spiro atoms. The predicted molar refractivity (Wildman–Crippen MR) is 76.8 cm³/mol. The van der Waals surface area contributed by atoms with Gasteiger partial charge in [-0.15, -0.1) is 0 Å². The summed E-state index contributed by atoms with van der Waals surface area (Å²) in [5.41, 5.74) is 1.37. The highest BCUT2D eigenvalue weighted by molar-refractivity contribution is 5.94. The van der Waals surface area contributed by atoms with Crippen molar-refractivity contribution in [3.63, 3.8) is 0 Å². The van der Waals surface area contributed by atoms with Crippen molar-refractivity contribution >= 4 is 11.6 Å². The Morgan fingerprint density at radius 1 is 1.29 bits per heavy atom. The molecule has 1 amide bonds. The van der Waals surface area contributed by atoms with Gasteiger partial charge >= 0.3 is 0 Å². The van der Waals surface area contributed by atoms with Crippen LogP contribution in [0.5, 0.6) is 0 Å². The SMILES string of the molecule is CC(C)OCCCCNC(=O)c1cc(F)c(NN)c(F)c1. The molecule has 0 radical (unpaired) electrons. The first-order valence-corrected chi connectivity index (χ1v) is 6.81. The Morgan fingerprint density at radius 3 is 2.43 bits per heavy atom. The molecule has 0 saturated carbocycles. The van der Waals surface area contributed by atoms with E-state index in [4.69, 9.17) is 10.6 Å². The number of ether oxygens (including phenoxy) is 1. The number of benzene rings is 1. The first kappa shape index (κ1) is 17.3. The molecule has 0 heterocycles.